The van der Waals surface area contributed by atoms with Gasteiger partial charge >= 0.3 is 0 Å². The van der Waals surface area contributed by atoms with Crippen molar-refractivity contribution >= 4 is 46.7 Å². The zero-order valence-electron chi connectivity index (χ0n) is 20.0. The Labute approximate surface area is 216 Å². The van der Waals surface area contributed by atoms with Crippen LogP contribution in [0.3, 0.4) is 0 Å². The van der Waals surface area contributed by atoms with Crippen LogP contribution in [-0.4, -0.2) is 49.6 Å². The zero-order chi connectivity index (χ0) is 24.4. The molecule has 9 heteroatoms. The molecule has 2 aliphatic rings. The Kier molecular flexibility index (Phi) is 7.13. The molecule has 4 heterocycles. The molecule has 0 radical (unpaired) electrons. The van der Waals surface area contributed by atoms with Crippen LogP contribution >= 0.6 is 23.5 Å². The number of aromatic nitrogens is 3. The molecule has 0 saturated carbocycles. The molecule has 2 aromatic heterocycles. The number of benzene rings is 1. The number of hydrogen-bond donors (Lipinski definition) is 2. The molecule has 1 aromatic carbocycles. The fourth-order valence-electron chi connectivity index (χ4n) is 4.98. The minimum Gasteiger partial charge on any atom is -0.369 e. The molecule has 1 saturated heterocycles. The summed E-state index contributed by atoms with van der Waals surface area (Å²) in [6.07, 6.45) is 7.99. The van der Waals surface area contributed by atoms with E-state index in [9.17, 15) is 0 Å². The molecule has 3 aromatic rings. The van der Waals surface area contributed by atoms with Crippen molar-refractivity contribution in [1.29, 1.82) is 0 Å². The minimum absolute atomic E-state index is 0.406. The number of fused-ring (bicyclic) bond motifs is 1. The van der Waals surface area contributed by atoms with Crippen molar-refractivity contribution in [3.8, 4) is 0 Å². The van der Waals surface area contributed by atoms with Gasteiger partial charge in [-0.25, -0.2) is 15.0 Å². The van der Waals surface area contributed by atoms with Gasteiger partial charge in [0.1, 0.15) is 5.82 Å². The Balaban J connectivity index is 1.20. The van der Waals surface area contributed by atoms with Gasteiger partial charge in [0.15, 0.2) is 0 Å². The summed E-state index contributed by atoms with van der Waals surface area (Å²) in [7, 11) is 0. The second-order valence-corrected chi connectivity index (χ2v) is 10.2. The van der Waals surface area contributed by atoms with E-state index in [0.717, 1.165) is 60.9 Å². The van der Waals surface area contributed by atoms with Gasteiger partial charge < -0.3 is 14.9 Å². The van der Waals surface area contributed by atoms with Crippen molar-refractivity contribution in [3.05, 3.63) is 77.2 Å². The second-order valence-electron chi connectivity index (χ2n) is 9.11. The molecule has 5 rings (SSSR count). The maximum absolute atomic E-state index is 5.99. The van der Waals surface area contributed by atoms with Gasteiger partial charge in [0.2, 0.25) is 5.95 Å². The molecule has 2 atom stereocenters. The van der Waals surface area contributed by atoms with Crippen LogP contribution in [0.1, 0.15) is 36.6 Å². The molecule has 0 bridgehead atoms. The Morgan fingerprint density at radius 1 is 1.17 bits per heavy atom. The number of hydrogen-bond acceptors (Lipinski definition) is 8. The minimum atomic E-state index is 0.406. The number of rotatable bonds is 7. The van der Waals surface area contributed by atoms with Crippen LogP contribution in [0.5, 0.6) is 0 Å². The van der Waals surface area contributed by atoms with Crippen LogP contribution in [0.25, 0.3) is 5.70 Å². The number of piperidine rings is 1. The summed E-state index contributed by atoms with van der Waals surface area (Å²) in [5.74, 6) is 1.49. The smallest absolute Gasteiger partial charge is 0.227 e. The van der Waals surface area contributed by atoms with Crippen LogP contribution in [0, 0.1) is 0 Å². The van der Waals surface area contributed by atoms with Crippen molar-refractivity contribution in [1.82, 2.24) is 24.8 Å². The number of anilines is 3. The average Bonchev–Trinajstić information content (AvgIpc) is 3.29. The topological polar surface area (TPSA) is 69.2 Å². The fraction of sp³-hybridized carbons (Fsp3) is 0.346. The predicted octanol–water partition coefficient (Wildman–Crippen LogP) is 5.80. The number of halogens is 1. The maximum Gasteiger partial charge on any atom is 0.227 e. The summed E-state index contributed by atoms with van der Waals surface area (Å²) in [5.41, 5.74) is 5.44. The maximum atomic E-state index is 5.99. The summed E-state index contributed by atoms with van der Waals surface area (Å²) < 4.78 is 3.21. The van der Waals surface area contributed by atoms with E-state index in [-0.39, 0.29) is 0 Å². The lowest BCUT2D eigenvalue weighted by atomic mass is 9.95. The highest BCUT2D eigenvalue weighted by molar-refractivity contribution is 7.99. The Morgan fingerprint density at radius 3 is 2.77 bits per heavy atom. The van der Waals surface area contributed by atoms with Gasteiger partial charge in [0, 0.05) is 77.9 Å². The molecule has 1 fully saturated rings. The highest BCUT2D eigenvalue weighted by Crippen LogP contribution is 2.33. The van der Waals surface area contributed by atoms with Crippen LogP contribution in [0.2, 0.25) is 5.02 Å². The van der Waals surface area contributed by atoms with Crippen molar-refractivity contribution in [2.45, 2.75) is 44.9 Å². The monoisotopic (exact) mass is 507 g/mol. The molecule has 0 aliphatic carbocycles. The quantitative estimate of drug-likeness (QED) is 0.389. The zero-order valence-corrected chi connectivity index (χ0v) is 21.6. The van der Waals surface area contributed by atoms with E-state index in [2.05, 4.69) is 49.4 Å². The van der Waals surface area contributed by atoms with E-state index in [1.54, 1.807) is 11.9 Å². The molecule has 2 N–H and O–H groups in total. The molecule has 2 aliphatic heterocycles. The van der Waals surface area contributed by atoms with Gasteiger partial charge in [-0.2, -0.15) is 0 Å². The van der Waals surface area contributed by atoms with Gasteiger partial charge in [-0.1, -0.05) is 30.1 Å². The van der Waals surface area contributed by atoms with Gasteiger partial charge in [0.05, 0.1) is 5.69 Å². The van der Waals surface area contributed by atoms with Crippen LogP contribution in [-0.2, 0) is 13.1 Å². The lowest BCUT2D eigenvalue weighted by Gasteiger charge is -2.43. The Bertz CT molecular complexity index is 1200. The summed E-state index contributed by atoms with van der Waals surface area (Å²) in [6, 6.07) is 12.6. The number of nitrogens with one attached hydrogen (secondary N) is 2. The first-order valence-corrected chi connectivity index (χ1v) is 13.4. The van der Waals surface area contributed by atoms with Gasteiger partial charge in [-0.05, 0) is 56.2 Å². The van der Waals surface area contributed by atoms with Crippen LogP contribution < -0.4 is 10.0 Å². The molecule has 0 spiro atoms. The molecule has 182 valence electrons. The number of nitrogens with zero attached hydrogens (tertiary/aromatic N) is 5. The highest BCUT2D eigenvalue weighted by Gasteiger charge is 2.33. The molecule has 35 heavy (non-hydrogen) atoms. The highest BCUT2D eigenvalue weighted by atomic mass is 35.5. The Hall–Kier alpha value is -2.81. The molecular weight excluding hydrogens is 478 g/mol. The van der Waals surface area contributed by atoms with E-state index < -0.39 is 0 Å². The third-order valence-electron chi connectivity index (χ3n) is 6.79. The van der Waals surface area contributed by atoms with Gasteiger partial charge in [0.25, 0.3) is 0 Å². The largest absolute Gasteiger partial charge is 0.369 e. The van der Waals surface area contributed by atoms with E-state index in [4.69, 9.17) is 16.6 Å². The fourth-order valence-corrected chi connectivity index (χ4v) is 5.42. The SMILES string of the molecule is C=C(c1ccnc(NSC)c1)N1CC[C@@H](N2Cc3cnc(Nc4ccc(Cl)cc4)nc3C2)C[C@H]1C. The standard InChI is InChI=1S/C26H30ClN7S/c1-17-12-23(9-11-34(17)18(2)19-8-10-28-25(13-19)32-35-3)33-15-20-14-29-26(31-24(20)16-33)30-22-6-4-21(27)5-7-22/h4-8,10,13-14,17,23H,2,9,11-12,15-16H2,1,3H3,(H,28,32)(H,29,30,31)/t17-,23-/m1/s1. The third-order valence-corrected chi connectivity index (χ3v) is 7.46. The van der Waals surface area contributed by atoms with E-state index in [0.29, 0.717) is 23.1 Å². The van der Waals surface area contributed by atoms with Gasteiger partial charge in [-0.3, -0.25) is 4.90 Å². The molecule has 0 unspecified atom stereocenters. The molecule has 7 nitrogen and oxygen atoms in total. The van der Waals surface area contributed by atoms with E-state index in [1.165, 1.54) is 5.56 Å². The van der Waals surface area contributed by atoms with Crippen molar-refractivity contribution in [2.24, 2.45) is 0 Å². The summed E-state index contributed by atoms with van der Waals surface area (Å²) in [5, 5.41) is 3.99. The van der Waals surface area contributed by atoms with Crippen LogP contribution in [0.4, 0.5) is 17.5 Å². The molecular formula is C26H30ClN7S. The predicted molar refractivity (Wildman–Crippen MR) is 146 cm³/mol. The van der Waals surface area contributed by atoms with Crippen molar-refractivity contribution in [2.75, 3.05) is 22.8 Å². The lowest BCUT2D eigenvalue weighted by molar-refractivity contribution is 0.102. The van der Waals surface area contributed by atoms with Gasteiger partial charge in [-0.15, -0.1) is 0 Å². The number of pyridine rings is 1. The number of likely N-dealkylation sites (tertiary alicyclic amines) is 1. The summed E-state index contributed by atoms with van der Waals surface area (Å²) >= 11 is 7.53. The Morgan fingerprint density at radius 2 is 2.00 bits per heavy atom. The van der Waals surface area contributed by atoms with E-state index >= 15 is 0 Å². The first-order valence-electron chi connectivity index (χ1n) is 11.8. The summed E-state index contributed by atoms with van der Waals surface area (Å²) in [4.78, 5) is 18.7. The molecule has 0 amide bonds. The van der Waals surface area contributed by atoms with Crippen LogP contribution in [0.15, 0.2) is 55.4 Å². The van der Waals surface area contributed by atoms with Crippen molar-refractivity contribution in [3.63, 3.8) is 0 Å². The second kappa shape index (κ2) is 10.4. The average molecular weight is 508 g/mol. The first kappa shape index (κ1) is 23.9. The first-order chi connectivity index (χ1) is 17.0. The van der Waals surface area contributed by atoms with E-state index in [1.807, 2.05) is 49.0 Å². The third kappa shape index (κ3) is 5.39. The summed E-state index contributed by atoms with van der Waals surface area (Å²) in [6.45, 7) is 9.48. The van der Waals surface area contributed by atoms with Crippen molar-refractivity contribution < 1.29 is 0 Å². The normalized spacial score (nSPS) is 19.9. The lowest BCUT2D eigenvalue weighted by Crippen LogP contribution is -2.46.